The summed E-state index contributed by atoms with van der Waals surface area (Å²) in [6.07, 6.45) is 0.875. The lowest BCUT2D eigenvalue weighted by Crippen LogP contribution is -2.32. The van der Waals surface area contributed by atoms with Gasteiger partial charge in [-0.15, -0.1) is 0 Å². The molecule has 0 aliphatic carbocycles. The molecule has 2 amide bonds. The van der Waals surface area contributed by atoms with Crippen LogP contribution in [0.4, 0.5) is 11.4 Å². The highest BCUT2D eigenvalue weighted by molar-refractivity contribution is 6.46. The average molecular weight is 443 g/mol. The van der Waals surface area contributed by atoms with Gasteiger partial charge in [-0.3, -0.25) is 9.59 Å². The summed E-state index contributed by atoms with van der Waals surface area (Å²) in [6.45, 7) is 4.51. The van der Waals surface area contributed by atoms with Gasteiger partial charge in [-0.25, -0.2) is 4.90 Å². The molecule has 1 aliphatic rings. The lowest BCUT2D eigenvalue weighted by Gasteiger charge is -2.16. The summed E-state index contributed by atoms with van der Waals surface area (Å²) in [5, 5.41) is 3.16. The van der Waals surface area contributed by atoms with E-state index < -0.39 is 5.91 Å². The van der Waals surface area contributed by atoms with E-state index >= 15 is 0 Å². The van der Waals surface area contributed by atoms with Gasteiger partial charge in [-0.05, 0) is 60.9 Å². The van der Waals surface area contributed by atoms with Gasteiger partial charge in [-0.1, -0.05) is 37.3 Å². The largest absolute Gasteiger partial charge is 0.497 e. The van der Waals surface area contributed by atoms with Crippen LogP contribution in [0.3, 0.4) is 0 Å². The highest BCUT2D eigenvalue weighted by Crippen LogP contribution is 2.35. The number of hydrogen-bond donors (Lipinski definition) is 1. The number of ether oxygens (including phenoxy) is 2. The van der Waals surface area contributed by atoms with E-state index in [9.17, 15) is 9.59 Å². The minimum absolute atomic E-state index is 0.219. The molecule has 6 heteroatoms. The van der Waals surface area contributed by atoms with Crippen molar-refractivity contribution in [3.05, 3.63) is 89.6 Å². The fourth-order valence-corrected chi connectivity index (χ4v) is 3.76. The van der Waals surface area contributed by atoms with Crippen molar-refractivity contribution in [2.24, 2.45) is 0 Å². The number of anilines is 2. The number of imide groups is 1. The van der Waals surface area contributed by atoms with Crippen LogP contribution in [0.5, 0.6) is 11.5 Å². The molecule has 3 aromatic carbocycles. The fourth-order valence-electron chi connectivity index (χ4n) is 3.76. The normalized spacial score (nSPS) is 13.5. The SMILES string of the molecule is CCOc1ccc(C2=C(Nc3cccc(OC)c3)C(=O)N(c3ccc(CC)cc3)C2=O)cc1. The minimum atomic E-state index is -0.407. The highest BCUT2D eigenvalue weighted by atomic mass is 16.5. The van der Waals surface area contributed by atoms with Crippen molar-refractivity contribution in [3.8, 4) is 11.5 Å². The molecule has 0 spiro atoms. The number of rotatable bonds is 8. The molecule has 0 radical (unpaired) electrons. The van der Waals surface area contributed by atoms with Gasteiger partial charge >= 0.3 is 0 Å². The van der Waals surface area contributed by atoms with Crippen LogP contribution in [0, 0.1) is 0 Å². The Morgan fingerprint density at radius 1 is 0.848 bits per heavy atom. The smallest absolute Gasteiger partial charge is 0.282 e. The van der Waals surface area contributed by atoms with E-state index in [2.05, 4.69) is 12.2 Å². The lowest BCUT2D eigenvalue weighted by molar-refractivity contribution is -0.120. The van der Waals surface area contributed by atoms with Crippen LogP contribution in [0.25, 0.3) is 5.57 Å². The van der Waals surface area contributed by atoms with E-state index in [1.165, 1.54) is 4.90 Å². The topological polar surface area (TPSA) is 67.9 Å². The molecule has 1 aliphatic heterocycles. The molecule has 3 aromatic rings. The van der Waals surface area contributed by atoms with Gasteiger partial charge in [-0.2, -0.15) is 0 Å². The number of amides is 2. The Morgan fingerprint density at radius 3 is 2.21 bits per heavy atom. The summed E-state index contributed by atoms with van der Waals surface area (Å²) in [5.41, 5.74) is 3.48. The van der Waals surface area contributed by atoms with E-state index in [0.717, 1.165) is 12.0 Å². The van der Waals surface area contributed by atoms with Crippen LogP contribution in [0.15, 0.2) is 78.5 Å². The molecule has 0 saturated heterocycles. The van der Waals surface area contributed by atoms with Gasteiger partial charge in [0.2, 0.25) is 0 Å². The third kappa shape index (κ3) is 4.46. The first-order valence-corrected chi connectivity index (χ1v) is 10.9. The summed E-state index contributed by atoms with van der Waals surface area (Å²) in [4.78, 5) is 28.3. The summed E-state index contributed by atoms with van der Waals surface area (Å²) >= 11 is 0. The first kappa shape index (κ1) is 22.1. The Hall–Kier alpha value is -4.06. The number of hydrogen-bond acceptors (Lipinski definition) is 5. The van der Waals surface area contributed by atoms with E-state index in [1.54, 1.807) is 49.6 Å². The second-order valence-corrected chi connectivity index (χ2v) is 7.53. The summed E-state index contributed by atoms with van der Waals surface area (Å²) < 4.78 is 10.8. The molecule has 1 heterocycles. The predicted molar refractivity (Wildman–Crippen MR) is 129 cm³/mol. The molecule has 0 saturated carbocycles. The van der Waals surface area contributed by atoms with Gasteiger partial charge in [0.1, 0.15) is 17.2 Å². The van der Waals surface area contributed by atoms with Crippen LogP contribution < -0.4 is 19.7 Å². The Morgan fingerprint density at radius 2 is 1.58 bits per heavy atom. The van der Waals surface area contributed by atoms with Crippen molar-refractivity contribution in [3.63, 3.8) is 0 Å². The molecule has 1 N–H and O–H groups in total. The molecule has 6 nitrogen and oxygen atoms in total. The molecule has 168 valence electrons. The van der Waals surface area contributed by atoms with Crippen molar-refractivity contribution >= 4 is 28.8 Å². The quantitative estimate of drug-likeness (QED) is 0.494. The zero-order chi connectivity index (χ0) is 23.4. The Labute approximate surface area is 193 Å². The average Bonchev–Trinajstić information content (AvgIpc) is 3.09. The minimum Gasteiger partial charge on any atom is -0.497 e. The number of methoxy groups -OCH3 is 1. The van der Waals surface area contributed by atoms with Crippen molar-refractivity contribution in [1.82, 2.24) is 0 Å². The first-order chi connectivity index (χ1) is 16.0. The number of carbonyl (C=O) groups excluding carboxylic acids is 2. The number of nitrogens with zero attached hydrogens (tertiary/aromatic N) is 1. The van der Waals surface area contributed by atoms with Crippen LogP contribution >= 0.6 is 0 Å². The molecule has 0 atom stereocenters. The molecular formula is C27H26N2O4. The van der Waals surface area contributed by atoms with Gasteiger partial charge in [0, 0.05) is 11.8 Å². The number of carbonyl (C=O) groups is 2. The maximum Gasteiger partial charge on any atom is 0.282 e. The standard InChI is InChI=1S/C27H26N2O4/c1-4-18-9-13-21(14-10-18)29-26(30)24(19-11-15-22(16-12-19)33-5-2)25(27(29)31)28-20-7-6-8-23(17-20)32-3/h6-17,28H,4-5H2,1-3H3. The predicted octanol–water partition coefficient (Wildman–Crippen LogP) is 5.05. The molecule has 33 heavy (non-hydrogen) atoms. The summed E-state index contributed by atoms with van der Waals surface area (Å²) in [5.74, 6) is 0.565. The Balaban J connectivity index is 1.77. The monoisotopic (exact) mass is 442 g/mol. The van der Waals surface area contributed by atoms with Gasteiger partial charge in [0.25, 0.3) is 11.8 Å². The Kier molecular flexibility index (Phi) is 6.45. The maximum absolute atomic E-state index is 13.6. The zero-order valence-corrected chi connectivity index (χ0v) is 18.9. The molecule has 0 unspecified atom stereocenters. The van der Waals surface area contributed by atoms with E-state index in [0.29, 0.717) is 40.6 Å². The van der Waals surface area contributed by atoms with E-state index in [1.807, 2.05) is 37.3 Å². The van der Waals surface area contributed by atoms with E-state index in [-0.39, 0.29) is 11.6 Å². The zero-order valence-electron chi connectivity index (χ0n) is 18.9. The first-order valence-electron chi connectivity index (χ1n) is 10.9. The van der Waals surface area contributed by atoms with E-state index in [4.69, 9.17) is 9.47 Å². The maximum atomic E-state index is 13.6. The number of nitrogens with one attached hydrogen (secondary N) is 1. The molecule has 4 rings (SSSR count). The van der Waals surface area contributed by atoms with Crippen molar-refractivity contribution in [1.29, 1.82) is 0 Å². The summed E-state index contributed by atoms with van der Waals surface area (Å²) in [7, 11) is 1.58. The third-order valence-electron chi connectivity index (χ3n) is 5.48. The molecule has 0 bridgehead atoms. The highest BCUT2D eigenvalue weighted by Gasteiger charge is 2.40. The third-order valence-corrected chi connectivity index (χ3v) is 5.48. The fraction of sp³-hybridized carbons (Fsp3) is 0.185. The van der Waals surface area contributed by atoms with Gasteiger partial charge in [0.05, 0.1) is 25.0 Å². The lowest BCUT2D eigenvalue weighted by atomic mass is 10.0. The molecule has 0 aromatic heterocycles. The second-order valence-electron chi connectivity index (χ2n) is 7.53. The summed E-state index contributed by atoms with van der Waals surface area (Å²) in [6, 6.07) is 21.9. The van der Waals surface area contributed by atoms with Crippen molar-refractivity contribution < 1.29 is 19.1 Å². The number of aryl methyl sites for hydroxylation is 1. The molecular weight excluding hydrogens is 416 g/mol. The van der Waals surface area contributed by atoms with Crippen LogP contribution in [0.2, 0.25) is 0 Å². The second kappa shape index (κ2) is 9.61. The van der Waals surface area contributed by atoms with Crippen molar-refractivity contribution in [2.45, 2.75) is 20.3 Å². The number of benzene rings is 3. The Bertz CT molecular complexity index is 1200. The van der Waals surface area contributed by atoms with Crippen LogP contribution in [-0.2, 0) is 16.0 Å². The van der Waals surface area contributed by atoms with Crippen LogP contribution in [0.1, 0.15) is 25.0 Å². The van der Waals surface area contributed by atoms with Gasteiger partial charge < -0.3 is 14.8 Å². The van der Waals surface area contributed by atoms with Gasteiger partial charge in [0.15, 0.2) is 0 Å². The van der Waals surface area contributed by atoms with Crippen LogP contribution in [-0.4, -0.2) is 25.5 Å². The van der Waals surface area contributed by atoms with Crippen molar-refractivity contribution in [2.75, 3.05) is 23.9 Å². The molecule has 0 fully saturated rings.